The smallest absolute Gasteiger partial charge is 0.0553 e. The predicted octanol–water partition coefficient (Wildman–Crippen LogP) is 13.2. The molecule has 0 fully saturated rings. The van der Waals surface area contributed by atoms with Crippen LogP contribution >= 0.6 is 0 Å². The lowest BCUT2D eigenvalue weighted by atomic mass is 9.91. The van der Waals surface area contributed by atoms with E-state index in [1.165, 1.54) is 93.5 Å². The highest BCUT2D eigenvalue weighted by molar-refractivity contribution is 6.25. The number of rotatable bonds is 5. The van der Waals surface area contributed by atoms with Gasteiger partial charge in [-0.2, -0.15) is 0 Å². The zero-order valence-electron chi connectivity index (χ0n) is 26.8. The summed E-state index contributed by atoms with van der Waals surface area (Å²) in [6.45, 7) is 0. The highest BCUT2D eigenvalue weighted by Gasteiger charge is 2.18. The minimum atomic E-state index is 1.18. The maximum atomic E-state index is 2.42. The Kier molecular flexibility index (Phi) is 6.25. The van der Waals surface area contributed by atoms with Gasteiger partial charge in [-0.1, -0.05) is 140 Å². The van der Waals surface area contributed by atoms with E-state index in [9.17, 15) is 0 Å². The maximum absolute atomic E-state index is 2.42. The van der Waals surface area contributed by atoms with Crippen LogP contribution in [0.2, 0.25) is 0 Å². The molecule has 1 heterocycles. The van der Waals surface area contributed by atoms with Crippen LogP contribution in [0.1, 0.15) is 0 Å². The summed E-state index contributed by atoms with van der Waals surface area (Å²) >= 11 is 0. The molecule has 0 spiro atoms. The molecule has 49 heavy (non-hydrogen) atoms. The second kappa shape index (κ2) is 11.1. The molecule has 0 aliphatic carbocycles. The van der Waals surface area contributed by atoms with Crippen LogP contribution in [0.3, 0.4) is 0 Å². The molecule has 1 heteroatoms. The summed E-state index contributed by atoms with van der Waals surface area (Å²) in [4.78, 5) is 0. The summed E-state index contributed by atoms with van der Waals surface area (Å²) in [6, 6.07) is 68.7. The summed E-state index contributed by atoms with van der Waals surface area (Å²) in [5.41, 5.74) is 13.5. The van der Waals surface area contributed by atoms with Gasteiger partial charge in [0.15, 0.2) is 0 Å². The molecule has 1 aromatic heterocycles. The fourth-order valence-electron chi connectivity index (χ4n) is 7.77. The van der Waals surface area contributed by atoms with Crippen LogP contribution in [-0.2, 0) is 0 Å². The van der Waals surface area contributed by atoms with Crippen LogP contribution in [0.15, 0.2) is 188 Å². The van der Waals surface area contributed by atoms with Gasteiger partial charge in [-0.15, -0.1) is 0 Å². The lowest BCUT2D eigenvalue weighted by Crippen LogP contribution is -1.93. The number of para-hydroxylation sites is 1. The van der Waals surface area contributed by atoms with Gasteiger partial charge < -0.3 is 4.57 Å². The van der Waals surface area contributed by atoms with Crippen molar-refractivity contribution in [2.75, 3.05) is 0 Å². The molecule has 0 saturated heterocycles. The minimum absolute atomic E-state index is 1.18. The summed E-state index contributed by atoms with van der Waals surface area (Å²) in [5, 5.41) is 7.72. The van der Waals surface area contributed by atoms with E-state index in [1.54, 1.807) is 0 Å². The molecule has 0 saturated carbocycles. The largest absolute Gasteiger partial charge is 0.309 e. The van der Waals surface area contributed by atoms with Gasteiger partial charge in [0.05, 0.1) is 11.0 Å². The fourth-order valence-corrected chi connectivity index (χ4v) is 7.77. The number of hydrogen-bond acceptors (Lipinski definition) is 0. The van der Waals surface area contributed by atoms with E-state index in [0.717, 1.165) is 0 Å². The molecule has 0 radical (unpaired) electrons. The lowest BCUT2D eigenvalue weighted by molar-refractivity contribution is 1.18. The Bertz CT molecular complexity index is 2770. The normalized spacial score (nSPS) is 11.7. The molecular formula is C48H31N. The van der Waals surface area contributed by atoms with Crippen LogP contribution in [0.5, 0.6) is 0 Å². The van der Waals surface area contributed by atoms with Gasteiger partial charge in [0.2, 0.25) is 0 Å². The zero-order chi connectivity index (χ0) is 32.3. The summed E-state index contributed by atoms with van der Waals surface area (Å²) in [7, 11) is 0. The van der Waals surface area contributed by atoms with E-state index >= 15 is 0 Å². The minimum Gasteiger partial charge on any atom is -0.309 e. The molecule has 0 aliphatic heterocycles. The first-order chi connectivity index (χ1) is 24.3. The molecule has 228 valence electrons. The fraction of sp³-hybridized carbons (Fsp3) is 0. The topological polar surface area (TPSA) is 4.93 Å². The molecule has 10 aromatic rings. The monoisotopic (exact) mass is 621 g/mol. The average molecular weight is 622 g/mol. The van der Waals surface area contributed by atoms with Crippen molar-refractivity contribution in [1.82, 2.24) is 4.57 Å². The molecule has 9 aromatic carbocycles. The summed E-state index contributed by atoms with van der Waals surface area (Å²) in [5.74, 6) is 0. The number of benzene rings is 9. The van der Waals surface area contributed by atoms with Crippen molar-refractivity contribution < 1.29 is 0 Å². The molecule has 0 amide bonds. The average Bonchev–Trinajstić information content (AvgIpc) is 3.52. The van der Waals surface area contributed by atoms with Crippen LogP contribution in [0.25, 0.3) is 93.5 Å². The quantitative estimate of drug-likeness (QED) is 0.169. The van der Waals surface area contributed by atoms with E-state index in [1.807, 2.05) is 0 Å². The Morgan fingerprint density at radius 3 is 1.59 bits per heavy atom. The summed E-state index contributed by atoms with van der Waals surface area (Å²) < 4.78 is 2.42. The Labute approximate surface area is 285 Å². The second-order valence-corrected chi connectivity index (χ2v) is 13.0. The SMILES string of the molecule is c1ccc(-c2cc(-c3ccccc3)c3ccc(-c4ccc(-c5cc6ccc7cccc8c7c6c(c5)n8-c5ccccc5)cc4)cc3c2)cc1. The van der Waals surface area contributed by atoms with Crippen LogP contribution in [0.4, 0.5) is 0 Å². The van der Waals surface area contributed by atoms with Crippen molar-refractivity contribution in [2.24, 2.45) is 0 Å². The van der Waals surface area contributed by atoms with Gasteiger partial charge in [0.1, 0.15) is 0 Å². The lowest BCUT2D eigenvalue weighted by Gasteiger charge is -2.13. The van der Waals surface area contributed by atoms with Crippen LogP contribution < -0.4 is 0 Å². The molecule has 0 N–H and O–H groups in total. The third-order valence-electron chi connectivity index (χ3n) is 10.1. The Balaban J connectivity index is 1.09. The van der Waals surface area contributed by atoms with Crippen molar-refractivity contribution in [3.05, 3.63) is 188 Å². The number of fused-ring (bicyclic) bond motifs is 1. The van der Waals surface area contributed by atoms with Crippen molar-refractivity contribution >= 4 is 43.4 Å². The maximum Gasteiger partial charge on any atom is 0.0553 e. The number of hydrogen-bond donors (Lipinski definition) is 0. The molecule has 10 rings (SSSR count). The van der Waals surface area contributed by atoms with Gasteiger partial charge in [-0.3, -0.25) is 0 Å². The van der Waals surface area contributed by atoms with E-state index < -0.39 is 0 Å². The number of nitrogens with zero attached hydrogens (tertiary/aromatic N) is 1. The molecule has 0 atom stereocenters. The van der Waals surface area contributed by atoms with Gasteiger partial charge in [-0.25, -0.2) is 0 Å². The third-order valence-corrected chi connectivity index (χ3v) is 10.1. The second-order valence-electron chi connectivity index (χ2n) is 13.0. The standard InChI is InChI=1S/C48H31N/c1-4-11-32(12-5-1)39-29-41-27-37(25-26-43(41)44(30-39)35-13-6-2-7-14-35)33-19-21-34(22-20-33)40-28-38-24-23-36-15-10-18-45-47(36)48(38)46(31-40)49(45)42-16-8-3-9-17-42/h1-31H. The first kappa shape index (κ1) is 27.7. The van der Waals surface area contributed by atoms with E-state index in [2.05, 4.69) is 193 Å². The van der Waals surface area contributed by atoms with E-state index in [4.69, 9.17) is 0 Å². The number of aromatic nitrogens is 1. The predicted molar refractivity (Wildman–Crippen MR) is 209 cm³/mol. The van der Waals surface area contributed by atoms with Crippen molar-refractivity contribution in [1.29, 1.82) is 0 Å². The van der Waals surface area contributed by atoms with Crippen molar-refractivity contribution in [2.45, 2.75) is 0 Å². The Morgan fingerprint density at radius 1 is 0.286 bits per heavy atom. The summed E-state index contributed by atoms with van der Waals surface area (Å²) in [6.07, 6.45) is 0. The molecular weight excluding hydrogens is 591 g/mol. The Morgan fingerprint density at radius 2 is 0.837 bits per heavy atom. The molecule has 0 aliphatic rings. The molecule has 0 bridgehead atoms. The van der Waals surface area contributed by atoms with Crippen molar-refractivity contribution in [3.8, 4) is 50.2 Å². The first-order valence-electron chi connectivity index (χ1n) is 16.9. The molecule has 0 unspecified atom stereocenters. The van der Waals surface area contributed by atoms with Crippen LogP contribution in [-0.4, -0.2) is 4.57 Å². The van der Waals surface area contributed by atoms with E-state index in [-0.39, 0.29) is 0 Å². The van der Waals surface area contributed by atoms with Gasteiger partial charge in [0.25, 0.3) is 0 Å². The van der Waals surface area contributed by atoms with Crippen LogP contribution in [0, 0.1) is 0 Å². The Hall–Kier alpha value is -6.44. The third kappa shape index (κ3) is 4.55. The van der Waals surface area contributed by atoms with Crippen molar-refractivity contribution in [3.63, 3.8) is 0 Å². The molecule has 1 nitrogen and oxygen atoms in total. The zero-order valence-corrected chi connectivity index (χ0v) is 26.8. The highest BCUT2D eigenvalue weighted by Crippen LogP contribution is 2.42. The van der Waals surface area contributed by atoms with E-state index in [0.29, 0.717) is 0 Å². The van der Waals surface area contributed by atoms with Gasteiger partial charge in [0, 0.05) is 16.5 Å². The van der Waals surface area contributed by atoms with Gasteiger partial charge in [-0.05, 0) is 115 Å². The first-order valence-corrected chi connectivity index (χ1v) is 16.9. The highest BCUT2D eigenvalue weighted by atomic mass is 15.0. The van der Waals surface area contributed by atoms with Gasteiger partial charge >= 0.3 is 0 Å².